The molecule has 2 N–H and O–H groups in total. The van der Waals surface area contributed by atoms with Crippen LogP contribution < -0.4 is 20.1 Å². The molecule has 2 aromatic rings. The predicted octanol–water partition coefficient (Wildman–Crippen LogP) is 2.82. The van der Waals surface area contributed by atoms with Crippen LogP contribution in [0.2, 0.25) is 0 Å². The minimum absolute atomic E-state index is 0.205. The SMILES string of the molecule is CCn1cc(NC(=O)NCCOc2cccc3c2OC(C)(C)C3)cn1. The topological polar surface area (TPSA) is 77.4 Å². The summed E-state index contributed by atoms with van der Waals surface area (Å²) in [5.74, 6) is 1.53. The fourth-order valence-electron chi connectivity index (χ4n) is 2.80. The van der Waals surface area contributed by atoms with Gasteiger partial charge in [0, 0.05) is 24.7 Å². The molecule has 0 unspecified atom stereocenters. The molecular weight excluding hydrogens is 320 g/mol. The van der Waals surface area contributed by atoms with Gasteiger partial charge in [-0.05, 0) is 26.8 Å². The van der Waals surface area contributed by atoms with E-state index in [1.54, 1.807) is 17.1 Å². The number of para-hydroxylation sites is 1. The monoisotopic (exact) mass is 344 g/mol. The summed E-state index contributed by atoms with van der Waals surface area (Å²) in [6.07, 6.45) is 4.26. The van der Waals surface area contributed by atoms with Gasteiger partial charge in [0.1, 0.15) is 12.2 Å². The van der Waals surface area contributed by atoms with E-state index in [0.717, 1.165) is 30.0 Å². The number of carbonyl (C=O) groups is 1. The molecule has 0 aliphatic carbocycles. The third-order valence-corrected chi connectivity index (χ3v) is 3.92. The molecule has 1 aromatic carbocycles. The summed E-state index contributed by atoms with van der Waals surface area (Å²) in [5.41, 5.74) is 1.61. The molecule has 0 atom stereocenters. The van der Waals surface area contributed by atoms with Crippen LogP contribution in [0.1, 0.15) is 26.3 Å². The Bertz CT molecular complexity index is 755. The van der Waals surface area contributed by atoms with Crippen molar-refractivity contribution < 1.29 is 14.3 Å². The highest BCUT2D eigenvalue weighted by molar-refractivity contribution is 5.88. The molecule has 0 saturated heterocycles. The lowest BCUT2D eigenvalue weighted by atomic mass is 10.0. The van der Waals surface area contributed by atoms with Gasteiger partial charge in [0.25, 0.3) is 0 Å². The van der Waals surface area contributed by atoms with E-state index in [1.807, 2.05) is 19.1 Å². The fraction of sp³-hybridized carbons (Fsp3) is 0.444. The van der Waals surface area contributed by atoms with Crippen LogP contribution in [0.3, 0.4) is 0 Å². The number of amides is 2. The summed E-state index contributed by atoms with van der Waals surface area (Å²) in [5, 5.41) is 9.60. The minimum Gasteiger partial charge on any atom is -0.488 e. The second-order valence-corrected chi connectivity index (χ2v) is 6.60. The molecule has 1 aromatic heterocycles. The summed E-state index contributed by atoms with van der Waals surface area (Å²) >= 11 is 0. The summed E-state index contributed by atoms with van der Waals surface area (Å²) in [6, 6.07) is 5.62. The number of fused-ring (bicyclic) bond motifs is 1. The largest absolute Gasteiger partial charge is 0.488 e. The zero-order valence-electron chi connectivity index (χ0n) is 14.8. The molecule has 0 spiro atoms. The molecule has 0 saturated carbocycles. The first-order valence-corrected chi connectivity index (χ1v) is 8.48. The smallest absolute Gasteiger partial charge is 0.319 e. The Kier molecular flexibility index (Phi) is 4.83. The maximum Gasteiger partial charge on any atom is 0.319 e. The van der Waals surface area contributed by atoms with Gasteiger partial charge in [0.2, 0.25) is 0 Å². The number of hydrogen-bond acceptors (Lipinski definition) is 4. The molecular formula is C18H24N4O3. The summed E-state index contributed by atoms with van der Waals surface area (Å²) in [4.78, 5) is 11.9. The van der Waals surface area contributed by atoms with Crippen LogP contribution in [0.25, 0.3) is 0 Å². The van der Waals surface area contributed by atoms with Gasteiger partial charge in [-0.25, -0.2) is 4.79 Å². The van der Waals surface area contributed by atoms with Gasteiger partial charge in [-0.15, -0.1) is 0 Å². The molecule has 0 radical (unpaired) electrons. The zero-order valence-corrected chi connectivity index (χ0v) is 14.8. The van der Waals surface area contributed by atoms with Crippen LogP contribution in [0, 0.1) is 0 Å². The highest BCUT2D eigenvalue weighted by Crippen LogP contribution is 2.41. The highest BCUT2D eigenvalue weighted by Gasteiger charge is 2.32. The Morgan fingerprint density at radius 3 is 3.04 bits per heavy atom. The van der Waals surface area contributed by atoms with Gasteiger partial charge in [0.05, 0.1) is 18.4 Å². The number of urea groups is 1. The van der Waals surface area contributed by atoms with Crippen LogP contribution in [0.15, 0.2) is 30.6 Å². The van der Waals surface area contributed by atoms with Crippen molar-refractivity contribution in [2.45, 2.75) is 39.3 Å². The van der Waals surface area contributed by atoms with Gasteiger partial charge >= 0.3 is 6.03 Å². The van der Waals surface area contributed by atoms with Crippen LogP contribution in [-0.4, -0.2) is 34.6 Å². The number of anilines is 1. The maximum absolute atomic E-state index is 11.9. The Balaban J connectivity index is 1.45. The highest BCUT2D eigenvalue weighted by atomic mass is 16.5. The lowest BCUT2D eigenvalue weighted by molar-refractivity contribution is 0.132. The van der Waals surface area contributed by atoms with Crippen molar-refractivity contribution in [3.63, 3.8) is 0 Å². The van der Waals surface area contributed by atoms with Crippen LogP contribution in [0.4, 0.5) is 10.5 Å². The van der Waals surface area contributed by atoms with E-state index in [2.05, 4.69) is 35.6 Å². The number of aryl methyl sites for hydroxylation is 1. The van der Waals surface area contributed by atoms with Crippen molar-refractivity contribution in [1.82, 2.24) is 15.1 Å². The van der Waals surface area contributed by atoms with Gasteiger partial charge in [0.15, 0.2) is 11.5 Å². The second kappa shape index (κ2) is 7.04. The first-order chi connectivity index (χ1) is 12.0. The number of carbonyl (C=O) groups excluding carboxylic acids is 1. The number of nitrogens with zero attached hydrogens (tertiary/aromatic N) is 2. The molecule has 7 nitrogen and oxygen atoms in total. The minimum atomic E-state index is -0.282. The van der Waals surface area contributed by atoms with Gasteiger partial charge in [-0.2, -0.15) is 5.10 Å². The molecule has 0 fully saturated rings. The molecule has 3 rings (SSSR count). The first kappa shape index (κ1) is 17.1. The number of rotatable bonds is 6. The molecule has 0 bridgehead atoms. The molecule has 25 heavy (non-hydrogen) atoms. The third kappa shape index (κ3) is 4.23. The number of benzene rings is 1. The van der Waals surface area contributed by atoms with Crippen LogP contribution in [-0.2, 0) is 13.0 Å². The summed E-state index contributed by atoms with van der Waals surface area (Å²) in [6.45, 7) is 7.62. The molecule has 2 heterocycles. The first-order valence-electron chi connectivity index (χ1n) is 8.48. The Morgan fingerprint density at radius 1 is 1.44 bits per heavy atom. The second-order valence-electron chi connectivity index (χ2n) is 6.60. The molecule has 1 aliphatic heterocycles. The van der Waals surface area contributed by atoms with Crippen molar-refractivity contribution in [2.24, 2.45) is 0 Å². The Hall–Kier alpha value is -2.70. The van der Waals surface area contributed by atoms with Crippen molar-refractivity contribution in [3.8, 4) is 11.5 Å². The van der Waals surface area contributed by atoms with Gasteiger partial charge < -0.3 is 20.1 Å². The molecule has 7 heteroatoms. The zero-order chi connectivity index (χ0) is 17.9. The van der Waals surface area contributed by atoms with E-state index in [0.29, 0.717) is 18.8 Å². The third-order valence-electron chi connectivity index (χ3n) is 3.92. The van der Waals surface area contributed by atoms with E-state index < -0.39 is 0 Å². The van der Waals surface area contributed by atoms with Crippen molar-refractivity contribution >= 4 is 11.7 Å². The van der Waals surface area contributed by atoms with Crippen molar-refractivity contribution in [1.29, 1.82) is 0 Å². The summed E-state index contributed by atoms with van der Waals surface area (Å²) < 4.78 is 13.5. The Morgan fingerprint density at radius 2 is 2.28 bits per heavy atom. The average Bonchev–Trinajstić information content (AvgIpc) is 3.13. The molecule has 134 valence electrons. The number of nitrogens with one attached hydrogen (secondary N) is 2. The van der Waals surface area contributed by atoms with E-state index in [1.165, 1.54) is 0 Å². The van der Waals surface area contributed by atoms with E-state index in [-0.39, 0.29) is 11.6 Å². The normalized spacial score (nSPS) is 14.5. The van der Waals surface area contributed by atoms with Crippen LogP contribution in [0.5, 0.6) is 11.5 Å². The Labute approximate surface area is 147 Å². The molecule has 2 amide bonds. The van der Waals surface area contributed by atoms with Crippen molar-refractivity contribution in [2.75, 3.05) is 18.5 Å². The lowest BCUT2D eigenvalue weighted by Crippen LogP contribution is -2.32. The maximum atomic E-state index is 11.9. The standard InChI is InChI=1S/C18H24N4O3/c1-4-22-12-14(11-20-22)21-17(23)19-8-9-24-15-7-5-6-13-10-18(2,3)25-16(13)15/h5-7,11-12H,4,8-10H2,1-3H3,(H2,19,21,23). The number of aromatic nitrogens is 2. The average molecular weight is 344 g/mol. The number of hydrogen-bond donors (Lipinski definition) is 2. The van der Waals surface area contributed by atoms with Gasteiger partial charge in [-0.1, -0.05) is 12.1 Å². The van der Waals surface area contributed by atoms with E-state index >= 15 is 0 Å². The van der Waals surface area contributed by atoms with Crippen molar-refractivity contribution in [3.05, 3.63) is 36.2 Å². The predicted molar refractivity (Wildman–Crippen MR) is 95.3 cm³/mol. The van der Waals surface area contributed by atoms with Gasteiger partial charge in [-0.3, -0.25) is 4.68 Å². The summed E-state index contributed by atoms with van der Waals surface area (Å²) in [7, 11) is 0. The van der Waals surface area contributed by atoms with E-state index in [4.69, 9.17) is 9.47 Å². The van der Waals surface area contributed by atoms with E-state index in [9.17, 15) is 4.79 Å². The fourth-order valence-corrected chi connectivity index (χ4v) is 2.80. The number of ether oxygens (including phenoxy) is 2. The molecule has 1 aliphatic rings. The lowest BCUT2D eigenvalue weighted by Gasteiger charge is -2.18. The quantitative estimate of drug-likeness (QED) is 0.790. The van der Waals surface area contributed by atoms with Crippen LogP contribution >= 0.6 is 0 Å².